The third-order valence-electron chi connectivity index (χ3n) is 4.47. The predicted octanol–water partition coefficient (Wildman–Crippen LogP) is 1.18. The average molecular weight is 344 g/mol. The Hall–Kier alpha value is -2.60. The van der Waals surface area contributed by atoms with Crippen molar-refractivity contribution in [3.05, 3.63) is 54.3 Å². The van der Waals surface area contributed by atoms with Crippen LogP contribution in [0, 0.1) is 5.82 Å². The molecule has 0 aromatic heterocycles. The van der Waals surface area contributed by atoms with Crippen LogP contribution < -0.4 is 19.9 Å². The van der Waals surface area contributed by atoms with Crippen molar-refractivity contribution in [2.24, 2.45) is 0 Å². The Labute approximate surface area is 147 Å². The van der Waals surface area contributed by atoms with Gasteiger partial charge in [-0.1, -0.05) is 12.1 Å². The normalized spacial score (nSPS) is 15.0. The molecule has 0 bridgehead atoms. The second-order valence-electron chi connectivity index (χ2n) is 6.14. The fraction of sp³-hybridized carbons (Fsp3) is 0.316. The van der Waals surface area contributed by atoms with Gasteiger partial charge in [0.1, 0.15) is 11.6 Å². The number of hydrogen-bond donors (Lipinski definition) is 2. The van der Waals surface area contributed by atoms with E-state index in [-0.39, 0.29) is 11.6 Å². The minimum Gasteiger partial charge on any atom is -0.497 e. The molecule has 0 atom stereocenters. The molecular formula is C19H23FN3O2+. The largest absolute Gasteiger partial charge is 0.497 e. The maximum atomic E-state index is 13.6. The van der Waals surface area contributed by atoms with E-state index in [0.717, 1.165) is 37.6 Å². The van der Waals surface area contributed by atoms with Gasteiger partial charge in [0.25, 0.3) is 5.91 Å². The van der Waals surface area contributed by atoms with E-state index < -0.39 is 5.82 Å². The molecular weight excluding hydrogens is 321 g/mol. The monoisotopic (exact) mass is 344 g/mol. The number of benzene rings is 2. The molecule has 1 aliphatic rings. The van der Waals surface area contributed by atoms with E-state index in [1.807, 2.05) is 12.1 Å². The minimum absolute atomic E-state index is 0.155. The van der Waals surface area contributed by atoms with Crippen LogP contribution in [0.15, 0.2) is 48.5 Å². The Balaban J connectivity index is 1.48. The number of nitrogens with zero attached hydrogens (tertiary/aromatic N) is 1. The predicted molar refractivity (Wildman–Crippen MR) is 95.8 cm³/mol. The fourth-order valence-corrected chi connectivity index (χ4v) is 3.04. The van der Waals surface area contributed by atoms with Crippen LogP contribution in [0.2, 0.25) is 0 Å². The Morgan fingerprint density at radius 1 is 1.16 bits per heavy atom. The Kier molecular flexibility index (Phi) is 5.50. The standard InChI is InChI=1S/C19H22FN3O2/c1-25-16-8-6-15(7-9-16)23-12-10-22(11-13-23)14-19(24)21-18-5-3-2-4-17(18)20/h2-9H,10-14H2,1H3,(H,21,24)/p+1. The SMILES string of the molecule is COc1ccc(N2CC[NH+](CC(=O)Nc3ccccc3F)CC2)cc1. The van der Waals surface area contributed by atoms with Crippen molar-refractivity contribution < 1.29 is 18.8 Å². The zero-order chi connectivity index (χ0) is 17.6. The van der Waals surface area contributed by atoms with Gasteiger partial charge in [0.15, 0.2) is 6.54 Å². The highest BCUT2D eigenvalue weighted by molar-refractivity contribution is 5.91. The molecule has 1 amide bonds. The average Bonchev–Trinajstić information content (AvgIpc) is 2.64. The second kappa shape index (κ2) is 7.98. The lowest BCUT2D eigenvalue weighted by Gasteiger charge is -2.33. The first kappa shape index (κ1) is 17.2. The molecule has 0 radical (unpaired) electrons. The van der Waals surface area contributed by atoms with E-state index in [9.17, 15) is 9.18 Å². The number of piperazine rings is 1. The van der Waals surface area contributed by atoms with Crippen LogP contribution in [0.5, 0.6) is 5.75 Å². The van der Waals surface area contributed by atoms with Crippen LogP contribution in [0.4, 0.5) is 15.8 Å². The summed E-state index contributed by atoms with van der Waals surface area (Å²) in [7, 11) is 1.66. The number of halogens is 1. The number of amides is 1. The third kappa shape index (κ3) is 4.48. The van der Waals surface area contributed by atoms with Gasteiger partial charge in [0.2, 0.25) is 0 Å². The maximum absolute atomic E-state index is 13.6. The van der Waals surface area contributed by atoms with Crippen molar-refractivity contribution in [1.29, 1.82) is 0 Å². The lowest BCUT2D eigenvalue weighted by molar-refractivity contribution is -0.892. The van der Waals surface area contributed by atoms with Crippen LogP contribution in [0.1, 0.15) is 0 Å². The fourth-order valence-electron chi connectivity index (χ4n) is 3.04. The van der Waals surface area contributed by atoms with Crippen LogP contribution in [-0.2, 0) is 4.79 Å². The van der Waals surface area contributed by atoms with Crippen molar-refractivity contribution in [2.75, 3.05) is 50.1 Å². The van der Waals surface area contributed by atoms with Gasteiger partial charge < -0.3 is 19.9 Å². The molecule has 0 saturated carbocycles. The second-order valence-corrected chi connectivity index (χ2v) is 6.14. The molecule has 2 aromatic carbocycles. The van der Waals surface area contributed by atoms with Gasteiger partial charge in [-0.05, 0) is 36.4 Å². The number of para-hydroxylation sites is 1. The van der Waals surface area contributed by atoms with Gasteiger partial charge >= 0.3 is 0 Å². The van der Waals surface area contributed by atoms with Crippen molar-refractivity contribution in [1.82, 2.24) is 0 Å². The van der Waals surface area contributed by atoms with Gasteiger partial charge in [-0.15, -0.1) is 0 Å². The van der Waals surface area contributed by atoms with Crippen molar-refractivity contribution in [2.45, 2.75) is 0 Å². The molecule has 2 aromatic rings. The third-order valence-corrected chi connectivity index (χ3v) is 4.47. The van der Waals surface area contributed by atoms with Crippen LogP contribution in [0.3, 0.4) is 0 Å². The van der Waals surface area contributed by atoms with Crippen molar-refractivity contribution in [3.8, 4) is 5.75 Å². The van der Waals surface area contributed by atoms with E-state index >= 15 is 0 Å². The maximum Gasteiger partial charge on any atom is 0.279 e. The lowest BCUT2D eigenvalue weighted by atomic mass is 10.2. The number of carbonyl (C=O) groups is 1. The van der Waals surface area contributed by atoms with E-state index in [4.69, 9.17) is 4.74 Å². The topological polar surface area (TPSA) is 46.0 Å². The summed E-state index contributed by atoms with van der Waals surface area (Å²) in [6.45, 7) is 3.86. The van der Waals surface area contributed by atoms with Crippen molar-refractivity contribution >= 4 is 17.3 Å². The number of ether oxygens (including phenoxy) is 1. The Bertz CT molecular complexity index is 713. The molecule has 5 nitrogen and oxygen atoms in total. The number of carbonyl (C=O) groups excluding carboxylic acids is 1. The summed E-state index contributed by atoms with van der Waals surface area (Å²) < 4.78 is 18.8. The van der Waals surface area contributed by atoms with Gasteiger partial charge in [0, 0.05) is 5.69 Å². The molecule has 1 aliphatic heterocycles. The number of nitrogens with one attached hydrogen (secondary N) is 2. The molecule has 25 heavy (non-hydrogen) atoms. The quantitative estimate of drug-likeness (QED) is 0.856. The first-order chi connectivity index (χ1) is 12.2. The minimum atomic E-state index is -0.407. The first-order valence-corrected chi connectivity index (χ1v) is 8.42. The molecule has 2 N–H and O–H groups in total. The summed E-state index contributed by atoms with van der Waals surface area (Å²) in [5.41, 5.74) is 1.40. The first-order valence-electron chi connectivity index (χ1n) is 8.42. The molecule has 132 valence electrons. The smallest absolute Gasteiger partial charge is 0.279 e. The summed E-state index contributed by atoms with van der Waals surface area (Å²) >= 11 is 0. The molecule has 6 heteroatoms. The number of anilines is 2. The molecule has 0 unspecified atom stereocenters. The summed E-state index contributed by atoms with van der Waals surface area (Å²) in [4.78, 5) is 15.6. The zero-order valence-electron chi connectivity index (χ0n) is 14.3. The summed E-state index contributed by atoms with van der Waals surface area (Å²) in [6.07, 6.45) is 0. The van der Waals surface area contributed by atoms with Gasteiger partial charge in [-0.3, -0.25) is 4.79 Å². The molecule has 3 rings (SSSR count). The summed E-state index contributed by atoms with van der Waals surface area (Å²) in [5, 5.41) is 2.65. The van der Waals surface area contributed by atoms with Crippen LogP contribution in [0.25, 0.3) is 0 Å². The summed E-state index contributed by atoms with van der Waals surface area (Å²) in [6, 6.07) is 14.2. The number of quaternary nitrogens is 1. The number of methoxy groups -OCH3 is 1. The van der Waals surface area contributed by atoms with E-state index in [1.54, 1.807) is 25.3 Å². The Morgan fingerprint density at radius 3 is 2.48 bits per heavy atom. The van der Waals surface area contributed by atoms with Crippen LogP contribution >= 0.6 is 0 Å². The molecule has 1 saturated heterocycles. The molecule has 1 heterocycles. The van der Waals surface area contributed by atoms with Gasteiger partial charge in [-0.2, -0.15) is 0 Å². The highest BCUT2D eigenvalue weighted by atomic mass is 19.1. The van der Waals surface area contributed by atoms with Gasteiger partial charge in [0.05, 0.1) is 39.0 Å². The van der Waals surface area contributed by atoms with Gasteiger partial charge in [-0.25, -0.2) is 4.39 Å². The van der Waals surface area contributed by atoms with E-state index in [0.29, 0.717) is 6.54 Å². The highest BCUT2D eigenvalue weighted by Crippen LogP contribution is 2.19. The molecule has 0 spiro atoms. The summed E-state index contributed by atoms with van der Waals surface area (Å²) in [5.74, 6) is 0.283. The van der Waals surface area contributed by atoms with E-state index in [1.165, 1.54) is 11.0 Å². The van der Waals surface area contributed by atoms with Crippen molar-refractivity contribution in [3.63, 3.8) is 0 Å². The lowest BCUT2D eigenvalue weighted by Crippen LogP contribution is -3.15. The molecule has 0 aliphatic carbocycles. The Morgan fingerprint density at radius 2 is 1.84 bits per heavy atom. The zero-order valence-corrected chi connectivity index (χ0v) is 14.3. The molecule has 1 fully saturated rings. The van der Waals surface area contributed by atoms with Crippen LogP contribution in [-0.4, -0.2) is 45.7 Å². The highest BCUT2D eigenvalue weighted by Gasteiger charge is 2.22. The van der Waals surface area contributed by atoms with E-state index in [2.05, 4.69) is 22.3 Å². The number of rotatable bonds is 5. The number of hydrogen-bond acceptors (Lipinski definition) is 3.